The van der Waals surface area contributed by atoms with Crippen molar-refractivity contribution in [3.8, 4) is 0 Å². The first kappa shape index (κ1) is 6.93. The van der Waals surface area contributed by atoms with E-state index in [-0.39, 0.29) is 25.7 Å². The Balaban J connectivity index is 2.35. The van der Waals surface area contributed by atoms with E-state index in [1.165, 1.54) is 0 Å². The lowest BCUT2D eigenvalue weighted by molar-refractivity contribution is -0.0771. The number of alkyl halides is 2. The normalized spacial score (nSPS) is 28.3. The summed E-state index contributed by atoms with van der Waals surface area (Å²) in [5.41, 5.74) is 0. The van der Waals surface area contributed by atoms with Gasteiger partial charge in [-0.05, 0) is 12.8 Å². The molecule has 0 unspecified atom stereocenters. The SMILES string of the molecule is [O]C1CCC(F)(F)CC1. The van der Waals surface area contributed by atoms with Crippen LogP contribution in [0.3, 0.4) is 0 Å². The summed E-state index contributed by atoms with van der Waals surface area (Å²) in [6.07, 6.45) is -0.855. The maximum Gasteiger partial charge on any atom is 0.248 e. The van der Waals surface area contributed by atoms with Crippen LogP contribution < -0.4 is 0 Å². The average Bonchev–Trinajstić information content (AvgIpc) is 1.78. The first-order chi connectivity index (χ1) is 4.10. The highest BCUT2D eigenvalue weighted by molar-refractivity contribution is 4.76. The highest BCUT2D eigenvalue weighted by Gasteiger charge is 2.34. The van der Waals surface area contributed by atoms with Crippen LogP contribution in [0.4, 0.5) is 8.78 Å². The number of hydrogen-bond donors (Lipinski definition) is 0. The minimum atomic E-state index is -2.54. The molecule has 1 fully saturated rings. The van der Waals surface area contributed by atoms with Gasteiger partial charge in [0.1, 0.15) is 0 Å². The summed E-state index contributed by atoms with van der Waals surface area (Å²) < 4.78 is 24.5. The van der Waals surface area contributed by atoms with Crippen molar-refractivity contribution in [2.24, 2.45) is 0 Å². The molecule has 9 heavy (non-hydrogen) atoms. The van der Waals surface area contributed by atoms with Crippen molar-refractivity contribution in [3.05, 3.63) is 0 Å². The van der Waals surface area contributed by atoms with Crippen LogP contribution in [-0.2, 0) is 5.11 Å². The van der Waals surface area contributed by atoms with E-state index in [1.54, 1.807) is 0 Å². The molecule has 0 aromatic rings. The Hall–Kier alpha value is -0.180. The van der Waals surface area contributed by atoms with E-state index >= 15 is 0 Å². The predicted octanol–water partition coefficient (Wildman–Crippen LogP) is 1.99. The molecule has 1 nitrogen and oxygen atoms in total. The molecule has 0 atom stereocenters. The lowest BCUT2D eigenvalue weighted by Gasteiger charge is -2.23. The van der Waals surface area contributed by atoms with Gasteiger partial charge < -0.3 is 0 Å². The largest absolute Gasteiger partial charge is 0.248 e. The lowest BCUT2D eigenvalue weighted by atomic mass is 9.94. The van der Waals surface area contributed by atoms with Crippen LogP contribution in [-0.4, -0.2) is 12.0 Å². The Kier molecular flexibility index (Phi) is 1.70. The summed E-state index contributed by atoms with van der Waals surface area (Å²) in [5, 5.41) is 10.5. The zero-order chi connectivity index (χ0) is 6.91. The fourth-order valence-electron chi connectivity index (χ4n) is 1.01. The van der Waals surface area contributed by atoms with E-state index in [2.05, 4.69) is 0 Å². The highest BCUT2D eigenvalue weighted by Crippen LogP contribution is 2.32. The van der Waals surface area contributed by atoms with Crippen LogP contribution in [0, 0.1) is 0 Å². The molecule has 0 N–H and O–H groups in total. The molecule has 0 aromatic carbocycles. The number of halogens is 2. The molecular formula is C6H9F2O. The molecule has 3 heteroatoms. The molecule has 1 aliphatic carbocycles. The van der Waals surface area contributed by atoms with Crippen LogP contribution in [0.5, 0.6) is 0 Å². The van der Waals surface area contributed by atoms with Crippen molar-refractivity contribution in [2.75, 3.05) is 0 Å². The Morgan fingerprint density at radius 3 is 2.00 bits per heavy atom. The molecule has 0 heterocycles. The molecule has 1 radical (unpaired) electrons. The van der Waals surface area contributed by atoms with Crippen LogP contribution >= 0.6 is 0 Å². The topological polar surface area (TPSA) is 19.9 Å². The Morgan fingerprint density at radius 2 is 1.67 bits per heavy atom. The molecule has 0 spiro atoms. The van der Waals surface area contributed by atoms with Crippen LogP contribution in [0.2, 0.25) is 0 Å². The van der Waals surface area contributed by atoms with Gasteiger partial charge in [0.05, 0.1) is 6.10 Å². The molecular weight excluding hydrogens is 126 g/mol. The Morgan fingerprint density at radius 1 is 1.22 bits per heavy atom. The molecule has 1 aliphatic rings. The molecule has 0 bridgehead atoms. The zero-order valence-corrected chi connectivity index (χ0v) is 5.07. The van der Waals surface area contributed by atoms with Crippen LogP contribution in [0.25, 0.3) is 0 Å². The summed E-state index contributed by atoms with van der Waals surface area (Å²) in [7, 11) is 0. The van der Waals surface area contributed by atoms with Gasteiger partial charge in [0.25, 0.3) is 0 Å². The second kappa shape index (κ2) is 2.21. The third-order valence-corrected chi connectivity index (χ3v) is 1.66. The van der Waals surface area contributed by atoms with Crippen molar-refractivity contribution in [1.29, 1.82) is 0 Å². The second-order valence-corrected chi connectivity index (χ2v) is 2.56. The van der Waals surface area contributed by atoms with Gasteiger partial charge in [-0.15, -0.1) is 0 Å². The summed E-state index contributed by atoms with van der Waals surface area (Å²) in [6.45, 7) is 0. The van der Waals surface area contributed by atoms with E-state index in [0.717, 1.165) is 0 Å². The highest BCUT2D eigenvalue weighted by atomic mass is 19.3. The van der Waals surface area contributed by atoms with Crippen LogP contribution in [0.1, 0.15) is 25.7 Å². The van der Waals surface area contributed by atoms with E-state index in [0.29, 0.717) is 0 Å². The summed E-state index contributed by atoms with van der Waals surface area (Å²) in [5.74, 6) is -2.54. The van der Waals surface area contributed by atoms with Crippen molar-refractivity contribution < 1.29 is 13.9 Å². The minimum Gasteiger partial charge on any atom is -0.233 e. The quantitative estimate of drug-likeness (QED) is 0.484. The third-order valence-electron chi connectivity index (χ3n) is 1.66. The van der Waals surface area contributed by atoms with E-state index < -0.39 is 12.0 Å². The van der Waals surface area contributed by atoms with Crippen LogP contribution in [0.15, 0.2) is 0 Å². The molecule has 0 amide bonds. The summed E-state index contributed by atoms with van der Waals surface area (Å²) in [4.78, 5) is 0. The van der Waals surface area contributed by atoms with Gasteiger partial charge in [-0.25, -0.2) is 13.9 Å². The van der Waals surface area contributed by atoms with Gasteiger partial charge in [0.15, 0.2) is 0 Å². The fraction of sp³-hybridized carbons (Fsp3) is 1.00. The lowest BCUT2D eigenvalue weighted by Crippen LogP contribution is -2.26. The van der Waals surface area contributed by atoms with E-state index in [9.17, 15) is 13.9 Å². The van der Waals surface area contributed by atoms with E-state index in [1.807, 2.05) is 0 Å². The minimum absolute atomic E-state index is 0.146. The standard InChI is InChI=1S/C6H9F2O/c7-6(8)3-1-5(9)2-4-6/h5H,1-4H2. The number of rotatable bonds is 0. The molecule has 0 aromatic heterocycles. The third kappa shape index (κ3) is 1.90. The van der Waals surface area contributed by atoms with Gasteiger partial charge in [0, 0.05) is 12.8 Å². The van der Waals surface area contributed by atoms with Crippen molar-refractivity contribution in [3.63, 3.8) is 0 Å². The molecule has 53 valence electrons. The van der Waals surface area contributed by atoms with Crippen molar-refractivity contribution in [2.45, 2.75) is 37.7 Å². The molecule has 1 rings (SSSR count). The Bertz CT molecular complexity index is 93.2. The zero-order valence-electron chi connectivity index (χ0n) is 5.07. The number of hydrogen-bond acceptors (Lipinski definition) is 0. The summed E-state index contributed by atoms with van der Waals surface area (Å²) in [6, 6.07) is 0. The van der Waals surface area contributed by atoms with Crippen molar-refractivity contribution >= 4 is 0 Å². The smallest absolute Gasteiger partial charge is 0.233 e. The maximum atomic E-state index is 12.2. The van der Waals surface area contributed by atoms with E-state index in [4.69, 9.17) is 0 Å². The van der Waals surface area contributed by atoms with Gasteiger partial charge in [-0.3, -0.25) is 0 Å². The van der Waals surface area contributed by atoms with Gasteiger partial charge in [-0.1, -0.05) is 0 Å². The molecule has 1 saturated carbocycles. The molecule has 0 aliphatic heterocycles. The van der Waals surface area contributed by atoms with Gasteiger partial charge >= 0.3 is 0 Å². The fourth-order valence-corrected chi connectivity index (χ4v) is 1.01. The molecule has 0 saturated heterocycles. The predicted molar refractivity (Wildman–Crippen MR) is 27.9 cm³/mol. The average molecular weight is 135 g/mol. The monoisotopic (exact) mass is 135 g/mol. The first-order valence-corrected chi connectivity index (χ1v) is 3.14. The second-order valence-electron chi connectivity index (χ2n) is 2.56. The maximum absolute atomic E-state index is 12.2. The van der Waals surface area contributed by atoms with Crippen molar-refractivity contribution in [1.82, 2.24) is 0 Å². The summed E-state index contributed by atoms with van der Waals surface area (Å²) >= 11 is 0. The van der Waals surface area contributed by atoms with Gasteiger partial charge in [0.2, 0.25) is 5.92 Å². The van der Waals surface area contributed by atoms with Gasteiger partial charge in [-0.2, -0.15) is 0 Å². The Labute approximate surface area is 52.7 Å². The first-order valence-electron chi connectivity index (χ1n) is 3.14.